The van der Waals surface area contributed by atoms with Crippen LogP contribution in [0.25, 0.3) is 10.9 Å². The first-order valence-corrected chi connectivity index (χ1v) is 7.69. The average molecular weight is 269 g/mol. The Morgan fingerprint density at radius 2 is 1.85 bits per heavy atom. The van der Waals surface area contributed by atoms with Gasteiger partial charge in [-0.3, -0.25) is 16.3 Å². The maximum Gasteiger partial charge on any atom is 0.0702 e. The predicted molar refractivity (Wildman–Crippen MR) is 83.0 cm³/mol. The fourth-order valence-electron chi connectivity index (χ4n) is 3.41. The lowest BCUT2D eigenvalue weighted by molar-refractivity contribution is 0.329. The minimum Gasteiger partial charge on any atom is -0.271 e. The molecule has 0 aliphatic heterocycles. The second kappa shape index (κ2) is 6.33. The highest BCUT2D eigenvalue weighted by Gasteiger charge is 2.23. The molecule has 3 N–H and O–H groups in total. The quantitative estimate of drug-likeness (QED) is 0.507. The molecule has 0 radical (unpaired) electrons. The number of nitrogens with one attached hydrogen (secondary N) is 1. The molecule has 1 atom stereocenters. The maximum absolute atomic E-state index is 5.85. The summed E-state index contributed by atoms with van der Waals surface area (Å²) in [5.41, 5.74) is 5.31. The van der Waals surface area contributed by atoms with E-state index >= 15 is 0 Å². The number of hydrazine groups is 1. The van der Waals surface area contributed by atoms with E-state index in [1.807, 2.05) is 12.3 Å². The first kappa shape index (κ1) is 13.5. The van der Waals surface area contributed by atoms with Crippen LogP contribution in [0, 0.1) is 5.92 Å². The molecule has 0 spiro atoms. The van der Waals surface area contributed by atoms with Crippen LogP contribution in [0.2, 0.25) is 0 Å². The predicted octanol–water partition coefficient (Wildman–Crippen LogP) is 3.71. The fourth-order valence-corrected chi connectivity index (χ4v) is 3.41. The smallest absolute Gasteiger partial charge is 0.0702 e. The summed E-state index contributed by atoms with van der Waals surface area (Å²) in [6.07, 6.45) is 9.89. The molecule has 1 unspecified atom stereocenters. The molecule has 20 heavy (non-hydrogen) atoms. The van der Waals surface area contributed by atoms with Gasteiger partial charge in [0, 0.05) is 11.6 Å². The maximum atomic E-state index is 5.85. The number of aromatic nitrogens is 1. The molecule has 1 aliphatic carbocycles. The van der Waals surface area contributed by atoms with Crippen molar-refractivity contribution in [2.45, 2.75) is 44.6 Å². The Bertz CT molecular complexity index is 559. The number of nitrogens with zero attached hydrogens (tertiary/aromatic N) is 1. The Kier molecular flexibility index (Phi) is 4.28. The topological polar surface area (TPSA) is 50.9 Å². The molecule has 1 saturated carbocycles. The number of hydrogen-bond acceptors (Lipinski definition) is 3. The molecule has 0 saturated heterocycles. The van der Waals surface area contributed by atoms with Crippen LogP contribution < -0.4 is 11.3 Å². The van der Waals surface area contributed by atoms with E-state index in [0.29, 0.717) is 5.92 Å². The van der Waals surface area contributed by atoms with E-state index in [0.717, 1.165) is 5.52 Å². The molecule has 1 aromatic heterocycles. The molecule has 3 heteroatoms. The number of benzene rings is 1. The van der Waals surface area contributed by atoms with Gasteiger partial charge in [-0.2, -0.15) is 0 Å². The molecule has 0 bridgehead atoms. The largest absolute Gasteiger partial charge is 0.271 e. The number of fused-ring (bicyclic) bond motifs is 1. The first-order valence-electron chi connectivity index (χ1n) is 7.69. The van der Waals surface area contributed by atoms with Crippen LogP contribution in [0.15, 0.2) is 36.5 Å². The van der Waals surface area contributed by atoms with E-state index in [1.54, 1.807) is 0 Å². The van der Waals surface area contributed by atoms with Gasteiger partial charge in [-0.25, -0.2) is 0 Å². The summed E-state index contributed by atoms with van der Waals surface area (Å²) < 4.78 is 0. The average Bonchev–Trinajstić information content (AvgIpc) is 2.77. The monoisotopic (exact) mass is 269 g/mol. The van der Waals surface area contributed by atoms with Crippen molar-refractivity contribution in [1.29, 1.82) is 0 Å². The Labute approximate surface area is 120 Å². The van der Waals surface area contributed by atoms with Crippen LogP contribution in [-0.4, -0.2) is 4.98 Å². The summed E-state index contributed by atoms with van der Waals surface area (Å²) in [6, 6.07) is 10.7. The number of rotatable bonds is 3. The lowest BCUT2D eigenvalue weighted by Gasteiger charge is -2.25. The summed E-state index contributed by atoms with van der Waals surface area (Å²) in [6.45, 7) is 0. The lowest BCUT2D eigenvalue weighted by atomic mass is 9.88. The van der Waals surface area contributed by atoms with Crippen molar-refractivity contribution in [3.8, 4) is 0 Å². The Morgan fingerprint density at radius 1 is 1.10 bits per heavy atom. The van der Waals surface area contributed by atoms with Crippen LogP contribution in [0.3, 0.4) is 0 Å². The highest BCUT2D eigenvalue weighted by molar-refractivity contribution is 5.78. The van der Waals surface area contributed by atoms with Crippen molar-refractivity contribution in [2.24, 2.45) is 11.8 Å². The highest BCUT2D eigenvalue weighted by atomic mass is 15.2. The third kappa shape index (κ3) is 2.84. The van der Waals surface area contributed by atoms with E-state index in [-0.39, 0.29) is 6.04 Å². The van der Waals surface area contributed by atoms with Gasteiger partial charge in [0.25, 0.3) is 0 Å². The van der Waals surface area contributed by atoms with E-state index in [9.17, 15) is 0 Å². The molecule has 1 heterocycles. The zero-order valence-corrected chi connectivity index (χ0v) is 11.9. The van der Waals surface area contributed by atoms with Gasteiger partial charge in [0.05, 0.1) is 11.6 Å². The summed E-state index contributed by atoms with van der Waals surface area (Å²) in [4.78, 5) is 4.57. The van der Waals surface area contributed by atoms with Gasteiger partial charge < -0.3 is 0 Å². The Morgan fingerprint density at radius 3 is 2.60 bits per heavy atom. The van der Waals surface area contributed by atoms with E-state index in [2.05, 4.69) is 34.7 Å². The van der Waals surface area contributed by atoms with Gasteiger partial charge in [0.2, 0.25) is 0 Å². The SMILES string of the molecule is NNC(c1cnc2ccccc2c1)C1CCCCCC1. The van der Waals surface area contributed by atoms with Crippen LogP contribution in [0.5, 0.6) is 0 Å². The van der Waals surface area contributed by atoms with Crippen LogP contribution in [-0.2, 0) is 0 Å². The summed E-state index contributed by atoms with van der Waals surface area (Å²) >= 11 is 0. The zero-order chi connectivity index (χ0) is 13.8. The summed E-state index contributed by atoms with van der Waals surface area (Å²) in [7, 11) is 0. The molecular weight excluding hydrogens is 246 g/mol. The van der Waals surface area contributed by atoms with Crippen molar-refractivity contribution < 1.29 is 0 Å². The minimum atomic E-state index is 0.227. The van der Waals surface area contributed by atoms with Gasteiger partial charge in [-0.15, -0.1) is 0 Å². The molecule has 3 nitrogen and oxygen atoms in total. The normalized spacial score (nSPS) is 18.9. The van der Waals surface area contributed by atoms with Crippen molar-refractivity contribution in [3.63, 3.8) is 0 Å². The van der Waals surface area contributed by atoms with Crippen molar-refractivity contribution >= 4 is 10.9 Å². The standard InChI is InChI=1S/C17H23N3/c18-20-17(13-7-3-1-2-4-8-13)15-11-14-9-5-6-10-16(14)19-12-15/h5-6,9-13,17,20H,1-4,7-8,18H2. The third-order valence-corrected chi connectivity index (χ3v) is 4.52. The van der Waals surface area contributed by atoms with Crippen LogP contribution in [0.4, 0.5) is 0 Å². The molecule has 1 aliphatic rings. The number of nitrogens with two attached hydrogens (primary N) is 1. The first-order chi connectivity index (χ1) is 9.88. The number of hydrogen-bond donors (Lipinski definition) is 2. The Balaban J connectivity index is 1.89. The van der Waals surface area contributed by atoms with Gasteiger partial charge in [0.1, 0.15) is 0 Å². The molecule has 1 fully saturated rings. The van der Waals surface area contributed by atoms with E-state index < -0.39 is 0 Å². The fraction of sp³-hybridized carbons (Fsp3) is 0.471. The number of pyridine rings is 1. The Hall–Kier alpha value is -1.45. The van der Waals surface area contributed by atoms with Crippen molar-refractivity contribution in [1.82, 2.24) is 10.4 Å². The zero-order valence-electron chi connectivity index (χ0n) is 11.9. The third-order valence-electron chi connectivity index (χ3n) is 4.52. The van der Waals surface area contributed by atoms with Gasteiger partial charge in [-0.1, -0.05) is 43.9 Å². The molecular formula is C17H23N3. The van der Waals surface area contributed by atoms with Crippen LogP contribution in [0.1, 0.15) is 50.1 Å². The molecule has 1 aromatic carbocycles. The van der Waals surface area contributed by atoms with Gasteiger partial charge in [0.15, 0.2) is 0 Å². The highest BCUT2D eigenvalue weighted by Crippen LogP contribution is 2.33. The van der Waals surface area contributed by atoms with E-state index in [4.69, 9.17) is 5.84 Å². The number of para-hydroxylation sites is 1. The lowest BCUT2D eigenvalue weighted by Crippen LogP contribution is -2.33. The van der Waals surface area contributed by atoms with Crippen LogP contribution >= 0.6 is 0 Å². The van der Waals surface area contributed by atoms with Gasteiger partial charge >= 0.3 is 0 Å². The van der Waals surface area contributed by atoms with E-state index in [1.165, 1.54) is 49.5 Å². The minimum absolute atomic E-state index is 0.227. The molecule has 0 amide bonds. The molecule has 106 valence electrons. The molecule has 3 rings (SSSR count). The second-order valence-electron chi connectivity index (χ2n) is 5.86. The van der Waals surface area contributed by atoms with Crippen molar-refractivity contribution in [2.75, 3.05) is 0 Å². The molecule has 2 aromatic rings. The van der Waals surface area contributed by atoms with Crippen molar-refractivity contribution in [3.05, 3.63) is 42.1 Å². The summed E-state index contributed by atoms with van der Waals surface area (Å²) in [5, 5.41) is 1.19. The van der Waals surface area contributed by atoms with Gasteiger partial charge in [-0.05, 0) is 36.5 Å². The summed E-state index contributed by atoms with van der Waals surface area (Å²) in [5.74, 6) is 6.48. The second-order valence-corrected chi connectivity index (χ2v) is 5.86.